The van der Waals surface area contributed by atoms with Crippen molar-refractivity contribution in [3.8, 4) is 17.1 Å². The third-order valence-corrected chi connectivity index (χ3v) is 4.38. The molecule has 2 aromatic heterocycles. The molecule has 2 aromatic carbocycles. The van der Waals surface area contributed by atoms with Crippen molar-refractivity contribution in [1.82, 2.24) is 14.6 Å². The molecule has 0 saturated heterocycles. The summed E-state index contributed by atoms with van der Waals surface area (Å²) in [4.78, 5) is 0.917. The molecule has 0 saturated carbocycles. The summed E-state index contributed by atoms with van der Waals surface area (Å²) in [5.41, 5.74) is 2.18. The number of rotatable bonds is 3. The zero-order chi connectivity index (χ0) is 14.2. The lowest BCUT2D eigenvalue weighted by Gasteiger charge is -2.04. The summed E-state index contributed by atoms with van der Waals surface area (Å²) in [6.45, 7) is 2.65. The average Bonchev–Trinajstić information content (AvgIpc) is 3.07. The Morgan fingerprint density at radius 1 is 1.05 bits per heavy atom. The van der Waals surface area contributed by atoms with Crippen molar-refractivity contribution in [3.63, 3.8) is 0 Å². The minimum atomic E-state index is 0.670. The molecule has 5 heteroatoms. The molecule has 0 aliphatic heterocycles. The highest BCUT2D eigenvalue weighted by Gasteiger charge is 2.13. The van der Waals surface area contributed by atoms with Crippen molar-refractivity contribution in [2.75, 3.05) is 6.61 Å². The number of ether oxygens (including phenoxy) is 1. The maximum absolute atomic E-state index is 5.48. The summed E-state index contributed by atoms with van der Waals surface area (Å²) in [6.07, 6.45) is 0. The third kappa shape index (κ3) is 1.97. The molecule has 0 aliphatic rings. The standard InChI is InChI=1S/C16H13N3OS/c1-2-20-12-9-7-11(8-10-12)15-17-18-16-19(15)13-5-3-4-6-14(13)21-16/h3-10H,2H2,1H3. The van der Waals surface area contributed by atoms with Crippen LogP contribution in [0.15, 0.2) is 48.5 Å². The Morgan fingerprint density at radius 2 is 1.86 bits per heavy atom. The second kappa shape index (κ2) is 4.86. The van der Waals surface area contributed by atoms with Crippen LogP contribution in [0.3, 0.4) is 0 Å². The highest BCUT2D eigenvalue weighted by atomic mass is 32.1. The molecule has 0 atom stereocenters. The number of fused-ring (bicyclic) bond motifs is 3. The topological polar surface area (TPSA) is 39.4 Å². The van der Waals surface area contributed by atoms with Gasteiger partial charge in [0.1, 0.15) is 5.75 Å². The van der Waals surface area contributed by atoms with Gasteiger partial charge in [-0.05, 0) is 43.3 Å². The Kier molecular flexibility index (Phi) is 2.86. The van der Waals surface area contributed by atoms with Crippen LogP contribution < -0.4 is 4.74 Å². The summed E-state index contributed by atoms with van der Waals surface area (Å²) in [5.74, 6) is 1.74. The van der Waals surface area contributed by atoms with E-state index in [1.807, 2.05) is 43.3 Å². The maximum atomic E-state index is 5.48. The van der Waals surface area contributed by atoms with Crippen molar-refractivity contribution in [1.29, 1.82) is 0 Å². The molecule has 0 fully saturated rings. The lowest BCUT2D eigenvalue weighted by Crippen LogP contribution is -1.92. The Balaban J connectivity index is 1.89. The summed E-state index contributed by atoms with van der Waals surface area (Å²) in [5, 5.41) is 8.63. The third-order valence-electron chi connectivity index (χ3n) is 3.36. The molecule has 0 radical (unpaired) electrons. The van der Waals surface area contributed by atoms with Gasteiger partial charge >= 0.3 is 0 Å². The molecule has 4 aromatic rings. The van der Waals surface area contributed by atoms with Gasteiger partial charge in [-0.1, -0.05) is 23.5 Å². The van der Waals surface area contributed by atoms with E-state index in [-0.39, 0.29) is 0 Å². The molecule has 0 bridgehead atoms. The maximum Gasteiger partial charge on any atom is 0.217 e. The van der Waals surface area contributed by atoms with Crippen LogP contribution in [0, 0.1) is 0 Å². The van der Waals surface area contributed by atoms with Gasteiger partial charge in [-0.15, -0.1) is 10.2 Å². The van der Waals surface area contributed by atoms with Crippen LogP contribution in [0.1, 0.15) is 6.92 Å². The zero-order valence-electron chi connectivity index (χ0n) is 11.5. The van der Waals surface area contributed by atoms with Crippen molar-refractivity contribution in [3.05, 3.63) is 48.5 Å². The molecule has 2 heterocycles. The summed E-state index contributed by atoms with van der Waals surface area (Å²) in [7, 11) is 0. The SMILES string of the molecule is CCOc1ccc(-c2nnc3sc4ccccc4n23)cc1. The van der Waals surface area contributed by atoms with E-state index in [4.69, 9.17) is 4.74 Å². The fraction of sp³-hybridized carbons (Fsp3) is 0.125. The summed E-state index contributed by atoms with van der Waals surface area (Å²) in [6, 6.07) is 16.3. The number of para-hydroxylation sites is 1. The molecule has 0 amide bonds. The molecule has 0 unspecified atom stereocenters. The number of thiazole rings is 1. The Hall–Kier alpha value is -2.40. The predicted molar refractivity (Wildman–Crippen MR) is 85.0 cm³/mol. The fourth-order valence-electron chi connectivity index (χ4n) is 2.43. The first kappa shape index (κ1) is 12.3. The zero-order valence-corrected chi connectivity index (χ0v) is 12.3. The van der Waals surface area contributed by atoms with Crippen molar-refractivity contribution in [2.24, 2.45) is 0 Å². The van der Waals surface area contributed by atoms with Crippen molar-refractivity contribution in [2.45, 2.75) is 6.92 Å². The number of hydrogen-bond acceptors (Lipinski definition) is 4. The second-order valence-corrected chi connectivity index (χ2v) is 5.68. The predicted octanol–water partition coefficient (Wildman–Crippen LogP) is 4.01. The van der Waals surface area contributed by atoms with E-state index in [9.17, 15) is 0 Å². The lowest BCUT2D eigenvalue weighted by atomic mass is 10.2. The highest BCUT2D eigenvalue weighted by Crippen LogP contribution is 2.30. The molecular weight excluding hydrogens is 282 g/mol. The Labute approximate surface area is 125 Å². The number of aromatic nitrogens is 3. The van der Waals surface area contributed by atoms with Crippen LogP contribution in [0.2, 0.25) is 0 Å². The average molecular weight is 295 g/mol. The smallest absolute Gasteiger partial charge is 0.217 e. The second-order valence-electron chi connectivity index (χ2n) is 4.67. The van der Waals surface area contributed by atoms with E-state index in [1.165, 1.54) is 4.70 Å². The van der Waals surface area contributed by atoms with Crippen molar-refractivity contribution < 1.29 is 4.74 Å². The molecule has 4 rings (SSSR count). The van der Waals surface area contributed by atoms with Gasteiger partial charge in [-0.25, -0.2) is 0 Å². The first-order valence-electron chi connectivity index (χ1n) is 6.82. The monoisotopic (exact) mass is 295 g/mol. The molecule has 0 aliphatic carbocycles. The Bertz CT molecular complexity index is 908. The van der Waals surface area contributed by atoms with Gasteiger partial charge in [0.15, 0.2) is 5.82 Å². The van der Waals surface area contributed by atoms with Gasteiger partial charge < -0.3 is 4.74 Å². The molecule has 4 nitrogen and oxygen atoms in total. The summed E-state index contributed by atoms with van der Waals surface area (Å²) < 4.78 is 8.80. The van der Waals surface area contributed by atoms with E-state index < -0.39 is 0 Å². The summed E-state index contributed by atoms with van der Waals surface area (Å²) >= 11 is 1.65. The van der Waals surface area contributed by atoms with Gasteiger partial charge in [0.2, 0.25) is 4.96 Å². The number of hydrogen-bond donors (Lipinski definition) is 0. The van der Waals surface area contributed by atoms with Crippen LogP contribution in [-0.2, 0) is 0 Å². The number of nitrogens with zero attached hydrogens (tertiary/aromatic N) is 3. The van der Waals surface area contributed by atoms with Crippen LogP contribution >= 0.6 is 11.3 Å². The fourth-order valence-corrected chi connectivity index (χ4v) is 3.40. The first-order chi connectivity index (χ1) is 10.4. The van der Waals surface area contributed by atoms with E-state index >= 15 is 0 Å². The van der Waals surface area contributed by atoms with Crippen LogP contribution in [0.25, 0.3) is 26.6 Å². The molecule has 0 N–H and O–H groups in total. The van der Waals surface area contributed by atoms with Gasteiger partial charge in [0.25, 0.3) is 0 Å². The van der Waals surface area contributed by atoms with E-state index in [0.717, 1.165) is 27.6 Å². The lowest BCUT2D eigenvalue weighted by molar-refractivity contribution is 0.340. The van der Waals surface area contributed by atoms with E-state index in [2.05, 4.69) is 26.7 Å². The van der Waals surface area contributed by atoms with Crippen LogP contribution in [-0.4, -0.2) is 21.2 Å². The minimum absolute atomic E-state index is 0.670. The van der Waals surface area contributed by atoms with Crippen LogP contribution in [0.5, 0.6) is 5.75 Å². The van der Waals surface area contributed by atoms with Crippen molar-refractivity contribution >= 4 is 26.5 Å². The van der Waals surface area contributed by atoms with Gasteiger partial charge in [0.05, 0.1) is 16.8 Å². The minimum Gasteiger partial charge on any atom is -0.494 e. The molecular formula is C16H13N3OS. The normalized spacial score (nSPS) is 11.3. The van der Waals surface area contributed by atoms with Crippen LogP contribution in [0.4, 0.5) is 0 Å². The first-order valence-corrected chi connectivity index (χ1v) is 7.64. The van der Waals surface area contributed by atoms with E-state index in [0.29, 0.717) is 6.61 Å². The van der Waals surface area contributed by atoms with Gasteiger partial charge in [-0.3, -0.25) is 4.40 Å². The quantitative estimate of drug-likeness (QED) is 0.573. The molecule has 104 valence electrons. The highest BCUT2D eigenvalue weighted by molar-refractivity contribution is 7.23. The van der Waals surface area contributed by atoms with E-state index in [1.54, 1.807) is 11.3 Å². The number of benzene rings is 2. The van der Waals surface area contributed by atoms with Gasteiger partial charge in [0, 0.05) is 5.56 Å². The Morgan fingerprint density at radius 3 is 2.67 bits per heavy atom. The molecule has 21 heavy (non-hydrogen) atoms. The molecule has 0 spiro atoms. The largest absolute Gasteiger partial charge is 0.494 e. The van der Waals surface area contributed by atoms with Gasteiger partial charge in [-0.2, -0.15) is 0 Å².